The van der Waals surface area contributed by atoms with Crippen molar-refractivity contribution in [3.8, 4) is 0 Å². The van der Waals surface area contributed by atoms with Crippen LogP contribution in [0.4, 0.5) is 5.13 Å². The Kier molecular flexibility index (Phi) is 6.60. The summed E-state index contributed by atoms with van der Waals surface area (Å²) in [6.07, 6.45) is 4.85. The summed E-state index contributed by atoms with van der Waals surface area (Å²) in [6.45, 7) is 0.657. The fraction of sp³-hybridized carbons (Fsp3) is 0.722. The van der Waals surface area contributed by atoms with E-state index in [4.69, 9.17) is 0 Å². The van der Waals surface area contributed by atoms with Gasteiger partial charge in [-0.3, -0.25) is 9.59 Å². The molecule has 3 fully saturated rings. The minimum Gasteiger partial charge on any atom is -0.328 e. The average Bonchev–Trinajstić information content (AvgIpc) is 3.26. The molecule has 0 spiro atoms. The lowest BCUT2D eigenvalue weighted by atomic mass is 9.97. The summed E-state index contributed by atoms with van der Waals surface area (Å²) in [5.41, 5.74) is 0. The number of thiazole rings is 1. The number of nitrogens with zero attached hydrogens (tertiary/aromatic N) is 4. The van der Waals surface area contributed by atoms with Gasteiger partial charge in [-0.2, -0.15) is 4.31 Å². The molecule has 1 aromatic rings. The molecule has 1 N–H and O–H groups in total. The first-order chi connectivity index (χ1) is 15.1. The molecule has 32 heavy (non-hydrogen) atoms. The Hall–Kier alpha value is -1.61. The number of nitrogens with one attached hydrogen (secondary N) is 1. The molecule has 11 nitrogen and oxygen atoms in total. The molecule has 178 valence electrons. The van der Waals surface area contributed by atoms with Gasteiger partial charge >= 0.3 is 0 Å². The van der Waals surface area contributed by atoms with Crippen molar-refractivity contribution >= 4 is 48.3 Å². The van der Waals surface area contributed by atoms with E-state index >= 15 is 0 Å². The summed E-state index contributed by atoms with van der Waals surface area (Å²) < 4.78 is 51.4. The molecular formula is C18H27N5O6S3. The first kappa shape index (κ1) is 23.5. The molecule has 2 atom stereocenters. The minimum absolute atomic E-state index is 0.0854. The Bertz CT molecular complexity index is 1070. The highest BCUT2D eigenvalue weighted by Gasteiger charge is 2.45. The maximum absolute atomic E-state index is 13.1. The number of aromatic nitrogens is 1. The highest BCUT2D eigenvalue weighted by Crippen LogP contribution is 2.32. The number of rotatable bonds is 8. The molecule has 4 rings (SSSR count). The van der Waals surface area contributed by atoms with Gasteiger partial charge in [0.25, 0.3) is 0 Å². The monoisotopic (exact) mass is 505 g/mol. The largest absolute Gasteiger partial charge is 0.328 e. The molecular weight excluding hydrogens is 478 g/mol. The standard InChI is InChI=1S/C18H27N5O6S3/c1-31(26,27)21-6-4-13(11-21)10-15(17(25)20-18-19-5-9-30-18)23-8-7-22(12-16(23)24)32(28,29)14-2-3-14/h5,9,13-15H,2-4,6-8,10-12H2,1H3,(H,19,20,25). The van der Waals surface area contributed by atoms with E-state index in [1.165, 1.54) is 24.8 Å². The quantitative estimate of drug-likeness (QED) is 0.515. The highest BCUT2D eigenvalue weighted by atomic mass is 32.2. The number of hydrogen-bond acceptors (Lipinski definition) is 8. The smallest absolute Gasteiger partial charge is 0.248 e. The SMILES string of the molecule is CS(=O)(=O)N1CCC(CC(C(=O)Nc2nccs2)N2CCN(S(=O)(=O)C3CC3)CC2=O)C1. The predicted molar refractivity (Wildman–Crippen MR) is 119 cm³/mol. The van der Waals surface area contributed by atoms with Crippen molar-refractivity contribution < 1.29 is 26.4 Å². The lowest BCUT2D eigenvalue weighted by Crippen LogP contribution is -2.58. The van der Waals surface area contributed by atoms with E-state index in [9.17, 15) is 26.4 Å². The van der Waals surface area contributed by atoms with Crippen LogP contribution in [0, 0.1) is 5.92 Å². The number of anilines is 1. The molecule has 2 unspecified atom stereocenters. The van der Waals surface area contributed by atoms with Gasteiger partial charge in [0.1, 0.15) is 6.04 Å². The second-order valence-corrected chi connectivity index (χ2v) is 13.6. The van der Waals surface area contributed by atoms with Crippen molar-refractivity contribution in [2.45, 2.75) is 37.0 Å². The number of amides is 2. The van der Waals surface area contributed by atoms with E-state index in [1.807, 2.05) is 0 Å². The van der Waals surface area contributed by atoms with Crippen molar-refractivity contribution in [2.75, 3.05) is 44.3 Å². The van der Waals surface area contributed by atoms with Gasteiger partial charge in [-0.05, 0) is 31.6 Å². The van der Waals surface area contributed by atoms with Gasteiger partial charge in [0.2, 0.25) is 31.9 Å². The molecule has 3 heterocycles. The third kappa shape index (κ3) is 5.14. The third-order valence-corrected chi connectivity index (χ3v) is 10.4. The number of piperazine rings is 1. The lowest BCUT2D eigenvalue weighted by Gasteiger charge is -2.38. The van der Waals surface area contributed by atoms with E-state index in [0.29, 0.717) is 43.9 Å². The number of hydrogen-bond donors (Lipinski definition) is 1. The Labute approximate surface area is 191 Å². The molecule has 1 saturated carbocycles. The Morgan fingerprint density at radius 2 is 1.94 bits per heavy atom. The normalized spacial score (nSPS) is 24.6. The van der Waals surface area contributed by atoms with Crippen LogP contribution < -0.4 is 5.32 Å². The van der Waals surface area contributed by atoms with Crippen LogP contribution in [0.5, 0.6) is 0 Å². The second kappa shape index (κ2) is 8.97. The molecule has 1 aromatic heterocycles. The molecule has 14 heteroatoms. The zero-order chi connectivity index (χ0) is 23.1. The van der Waals surface area contributed by atoms with Gasteiger partial charge in [0.05, 0.1) is 18.1 Å². The number of carbonyl (C=O) groups is 2. The fourth-order valence-electron chi connectivity index (χ4n) is 4.24. The van der Waals surface area contributed by atoms with Crippen LogP contribution >= 0.6 is 11.3 Å². The fourth-order valence-corrected chi connectivity index (χ4v) is 7.47. The maximum Gasteiger partial charge on any atom is 0.248 e. The van der Waals surface area contributed by atoms with Crippen molar-refractivity contribution in [1.82, 2.24) is 18.5 Å². The molecule has 1 aliphatic carbocycles. The van der Waals surface area contributed by atoms with Crippen molar-refractivity contribution in [3.63, 3.8) is 0 Å². The Balaban J connectivity index is 1.48. The van der Waals surface area contributed by atoms with Gasteiger partial charge in [-0.15, -0.1) is 11.3 Å². The minimum atomic E-state index is -3.47. The van der Waals surface area contributed by atoms with Crippen LogP contribution in [0.3, 0.4) is 0 Å². The molecule has 0 bridgehead atoms. The van der Waals surface area contributed by atoms with E-state index in [0.717, 1.165) is 6.26 Å². The Morgan fingerprint density at radius 1 is 1.19 bits per heavy atom. The maximum atomic E-state index is 13.1. The summed E-state index contributed by atoms with van der Waals surface area (Å²) in [6, 6.07) is -0.832. The van der Waals surface area contributed by atoms with Crippen LogP contribution in [0.2, 0.25) is 0 Å². The van der Waals surface area contributed by atoms with Crippen molar-refractivity contribution in [2.24, 2.45) is 5.92 Å². The van der Waals surface area contributed by atoms with Crippen LogP contribution in [0.15, 0.2) is 11.6 Å². The number of carbonyl (C=O) groups excluding carboxylic acids is 2. The summed E-state index contributed by atoms with van der Waals surface area (Å²) in [4.78, 5) is 31.6. The molecule has 2 saturated heterocycles. The van der Waals surface area contributed by atoms with Crippen LogP contribution in [-0.4, -0.2) is 97.4 Å². The number of sulfonamides is 2. The molecule has 3 aliphatic rings. The van der Waals surface area contributed by atoms with Gasteiger partial charge < -0.3 is 10.2 Å². The van der Waals surface area contributed by atoms with Crippen molar-refractivity contribution in [3.05, 3.63) is 11.6 Å². The third-order valence-electron chi connectivity index (χ3n) is 6.14. The second-order valence-electron chi connectivity index (χ2n) is 8.52. The molecule has 0 aromatic carbocycles. The van der Waals surface area contributed by atoms with Gasteiger partial charge in [-0.25, -0.2) is 26.1 Å². The van der Waals surface area contributed by atoms with E-state index < -0.39 is 43.2 Å². The van der Waals surface area contributed by atoms with Crippen LogP contribution in [-0.2, 0) is 29.6 Å². The molecule has 2 aliphatic heterocycles. The van der Waals surface area contributed by atoms with Gasteiger partial charge in [0, 0.05) is 37.8 Å². The van der Waals surface area contributed by atoms with Gasteiger partial charge in [0.15, 0.2) is 5.13 Å². The van der Waals surface area contributed by atoms with Gasteiger partial charge in [-0.1, -0.05) is 0 Å². The zero-order valence-corrected chi connectivity index (χ0v) is 20.2. The Morgan fingerprint density at radius 3 is 2.50 bits per heavy atom. The zero-order valence-electron chi connectivity index (χ0n) is 17.7. The van der Waals surface area contributed by atoms with E-state index in [-0.39, 0.29) is 25.6 Å². The van der Waals surface area contributed by atoms with Crippen LogP contribution in [0.25, 0.3) is 0 Å². The first-order valence-electron chi connectivity index (χ1n) is 10.5. The summed E-state index contributed by atoms with van der Waals surface area (Å²) in [7, 11) is -6.80. The summed E-state index contributed by atoms with van der Waals surface area (Å²) >= 11 is 1.25. The van der Waals surface area contributed by atoms with Crippen LogP contribution in [0.1, 0.15) is 25.7 Å². The van der Waals surface area contributed by atoms with E-state index in [1.54, 1.807) is 11.6 Å². The summed E-state index contributed by atoms with van der Waals surface area (Å²) in [5, 5.41) is 4.47. The summed E-state index contributed by atoms with van der Waals surface area (Å²) in [5.74, 6) is -0.903. The lowest BCUT2D eigenvalue weighted by molar-refractivity contribution is -0.142. The molecule has 0 radical (unpaired) electrons. The first-order valence-corrected chi connectivity index (χ1v) is 14.7. The highest BCUT2D eigenvalue weighted by molar-refractivity contribution is 7.90. The molecule has 2 amide bonds. The average molecular weight is 506 g/mol. The predicted octanol–water partition coefficient (Wildman–Crippen LogP) is -0.242. The van der Waals surface area contributed by atoms with E-state index in [2.05, 4.69) is 10.3 Å². The topological polar surface area (TPSA) is 137 Å². The van der Waals surface area contributed by atoms with Crippen molar-refractivity contribution in [1.29, 1.82) is 0 Å².